The van der Waals surface area contributed by atoms with Crippen LogP contribution in [0.4, 0.5) is 8.78 Å². The van der Waals surface area contributed by atoms with Crippen molar-refractivity contribution in [1.29, 1.82) is 0 Å². The number of hydrogen-bond acceptors (Lipinski definition) is 4. The molecular formula is C22H24F2N6O. The normalized spacial score (nSPS) is 15.9. The quantitative estimate of drug-likeness (QED) is 0.484. The molecule has 0 amide bonds. The zero-order valence-electron chi connectivity index (χ0n) is 17.4. The van der Waals surface area contributed by atoms with E-state index in [1.165, 1.54) is 0 Å². The van der Waals surface area contributed by atoms with E-state index in [2.05, 4.69) is 25.8 Å². The number of hydrogen-bond donors (Lipinski definition) is 2. The van der Waals surface area contributed by atoms with E-state index in [-0.39, 0.29) is 18.2 Å². The molecule has 0 radical (unpaired) electrons. The Bertz CT molecular complexity index is 1100. The molecule has 2 aromatic carbocycles. The van der Waals surface area contributed by atoms with Crippen molar-refractivity contribution in [1.82, 2.24) is 25.4 Å². The number of aryl methyl sites for hydroxylation is 1. The van der Waals surface area contributed by atoms with E-state index in [1.54, 1.807) is 0 Å². The van der Waals surface area contributed by atoms with Gasteiger partial charge in [-0.2, -0.15) is 0 Å². The summed E-state index contributed by atoms with van der Waals surface area (Å²) in [5, 5.41) is 14.8. The fourth-order valence-corrected chi connectivity index (χ4v) is 3.41. The second kappa shape index (κ2) is 9.11. The maximum Gasteiger partial charge on any atom is 0.192 e. The maximum absolute atomic E-state index is 14.1. The van der Waals surface area contributed by atoms with Crippen molar-refractivity contribution >= 4 is 5.96 Å². The highest BCUT2D eigenvalue weighted by Crippen LogP contribution is 2.31. The van der Waals surface area contributed by atoms with Crippen molar-refractivity contribution in [3.05, 3.63) is 76.9 Å². The van der Waals surface area contributed by atoms with Crippen LogP contribution in [0.25, 0.3) is 0 Å². The predicted molar refractivity (Wildman–Crippen MR) is 113 cm³/mol. The molecule has 0 saturated heterocycles. The van der Waals surface area contributed by atoms with Gasteiger partial charge < -0.3 is 19.9 Å². The Morgan fingerprint density at radius 3 is 2.87 bits per heavy atom. The topological polar surface area (TPSA) is 76.4 Å². The third-order valence-corrected chi connectivity index (χ3v) is 5.28. The summed E-state index contributed by atoms with van der Waals surface area (Å²) in [6, 6.07) is 11.1. The zero-order valence-corrected chi connectivity index (χ0v) is 17.4. The molecule has 0 spiro atoms. The van der Waals surface area contributed by atoms with E-state index < -0.39 is 11.6 Å². The molecule has 0 aliphatic carbocycles. The summed E-state index contributed by atoms with van der Waals surface area (Å²) in [5.41, 5.74) is 1.21. The highest BCUT2D eigenvalue weighted by molar-refractivity contribution is 5.80. The average Bonchev–Trinajstić information content (AvgIpc) is 3.10. The number of halogens is 2. The monoisotopic (exact) mass is 426 g/mol. The van der Waals surface area contributed by atoms with Crippen LogP contribution < -0.4 is 15.4 Å². The molecule has 9 heteroatoms. The van der Waals surface area contributed by atoms with E-state index in [9.17, 15) is 8.78 Å². The van der Waals surface area contributed by atoms with Gasteiger partial charge in [0.2, 0.25) is 0 Å². The number of nitrogens with zero attached hydrogens (tertiary/aromatic N) is 4. The minimum absolute atomic E-state index is 0.0123. The molecule has 1 aliphatic rings. The number of nitrogens with one attached hydrogen (secondary N) is 2. The summed E-state index contributed by atoms with van der Waals surface area (Å²) in [4.78, 5) is 4.50. The van der Waals surface area contributed by atoms with Gasteiger partial charge in [-0.1, -0.05) is 18.2 Å². The maximum atomic E-state index is 14.1. The summed E-state index contributed by atoms with van der Waals surface area (Å²) in [6.45, 7) is 2.81. The Balaban J connectivity index is 1.56. The summed E-state index contributed by atoms with van der Waals surface area (Å²) in [6.07, 6.45) is 0.745. The lowest BCUT2D eigenvalue weighted by atomic mass is 10.0. The van der Waals surface area contributed by atoms with Crippen LogP contribution in [0.5, 0.6) is 5.75 Å². The Labute approximate surface area is 179 Å². The number of para-hydroxylation sites is 1. The minimum atomic E-state index is -0.498. The lowest BCUT2D eigenvalue weighted by Gasteiger charge is -2.28. The largest absolute Gasteiger partial charge is 0.493 e. The molecule has 1 atom stereocenters. The number of benzene rings is 2. The van der Waals surface area contributed by atoms with Crippen molar-refractivity contribution in [2.45, 2.75) is 32.5 Å². The Hall–Kier alpha value is -3.49. The van der Waals surface area contributed by atoms with Gasteiger partial charge in [0.25, 0.3) is 0 Å². The summed E-state index contributed by atoms with van der Waals surface area (Å²) in [5.74, 6) is 1.82. The first-order chi connectivity index (χ1) is 15.0. The van der Waals surface area contributed by atoms with Crippen LogP contribution in [0.3, 0.4) is 0 Å². The predicted octanol–water partition coefficient (Wildman–Crippen LogP) is 3.16. The molecule has 1 unspecified atom stereocenters. The van der Waals surface area contributed by atoms with E-state index in [0.29, 0.717) is 19.1 Å². The molecular weight excluding hydrogens is 402 g/mol. The third-order valence-electron chi connectivity index (χ3n) is 5.28. The highest BCUT2D eigenvalue weighted by Gasteiger charge is 2.22. The Morgan fingerprint density at radius 2 is 2.06 bits per heavy atom. The number of aromatic nitrogens is 3. The van der Waals surface area contributed by atoms with E-state index >= 15 is 0 Å². The Kier molecular flexibility index (Phi) is 6.11. The van der Waals surface area contributed by atoms with Crippen molar-refractivity contribution in [2.75, 3.05) is 6.61 Å². The van der Waals surface area contributed by atoms with Crippen molar-refractivity contribution in [3.63, 3.8) is 0 Å². The third kappa shape index (κ3) is 4.82. The molecule has 1 aliphatic heterocycles. The van der Waals surface area contributed by atoms with Crippen LogP contribution in [0.1, 0.15) is 35.2 Å². The van der Waals surface area contributed by atoms with Crippen molar-refractivity contribution < 1.29 is 13.5 Å². The van der Waals surface area contributed by atoms with Crippen LogP contribution in [0, 0.1) is 18.6 Å². The fourth-order valence-electron chi connectivity index (χ4n) is 3.41. The molecule has 0 fully saturated rings. The lowest BCUT2D eigenvalue weighted by molar-refractivity contribution is 0.261. The van der Waals surface area contributed by atoms with E-state index in [1.807, 2.05) is 42.8 Å². The summed E-state index contributed by atoms with van der Waals surface area (Å²) in [7, 11) is 1.88. The Morgan fingerprint density at radius 1 is 1.23 bits per heavy atom. The van der Waals surface area contributed by atoms with Gasteiger partial charge in [0.1, 0.15) is 23.2 Å². The van der Waals surface area contributed by atoms with Crippen molar-refractivity contribution in [2.24, 2.45) is 12.0 Å². The SMILES string of the molecule is Cc1nnc(CNC(=NCc2cc(F)ccc2F)NC2CCOc3ccccc32)n1C. The fraction of sp³-hybridized carbons (Fsp3) is 0.318. The first-order valence-corrected chi connectivity index (χ1v) is 10.1. The molecule has 7 nitrogen and oxygen atoms in total. The average molecular weight is 426 g/mol. The van der Waals surface area contributed by atoms with Crippen LogP contribution in [0.2, 0.25) is 0 Å². The van der Waals surface area contributed by atoms with Crippen molar-refractivity contribution in [3.8, 4) is 5.75 Å². The standard InChI is InChI=1S/C22H24F2N6O/c1-14-28-29-21(30(14)2)13-26-22(25-12-15-11-16(23)7-8-18(15)24)27-19-9-10-31-20-6-4-3-5-17(19)20/h3-8,11,19H,9-10,12-13H2,1-2H3,(H2,25,26,27). The van der Waals surface area contributed by atoms with Gasteiger partial charge in [-0.15, -0.1) is 10.2 Å². The number of rotatable bonds is 5. The van der Waals surface area contributed by atoms with Gasteiger partial charge in [0.05, 0.1) is 25.7 Å². The molecule has 31 heavy (non-hydrogen) atoms. The summed E-state index contributed by atoms with van der Waals surface area (Å²) < 4.78 is 35.2. The molecule has 2 N–H and O–H groups in total. The highest BCUT2D eigenvalue weighted by atomic mass is 19.1. The number of guanidine groups is 1. The number of fused-ring (bicyclic) bond motifs is 1. The molecule has 0 bridgehead atoms. The van der Waals surface area contributed by atoms with Gasteiger partial charge in [-0.3, -0.25) is 0 Å². The van der Waals surface area contributed by atoms with Gasteiger partial charge in [0, 0.05) is 24.6 Å². The van der Waals surface area contributed by atoms with Crippen LogP contribution in [-0.2, 0) is 20.1 Å². The molecule has 0 saturated carbocycles. The van der Waals surface area contributed by atoms with Gasteiger partial charge in [-0.05, 0) is 31.2 Å². The smallest absolute Gasteiger partial charge is 0.192 e. The van der Waals surface area contributed by atoms with E-state index in [4.69, 9.17) is 4.74 Å². The molecule has 4 rings (SSSR count). The molecule has 2 heterocycles. The number of aliphatic imine (C=N–C) groups is 1. The molecule has 3 aromatic rings. The first-order valence-electron chi connectivity index (χ1n) is 10.1. The second-order valence-corrected chi connectivity index (χ2v) is 7.35. The van der Waals surface area contributed by atoms with Crippen LogP contribution in [-0.4, -0.2) is 27.3 Å². The number of ether oxygens (including phenoxy) is 1. The first kappa shape index (κ1) is 20.8. The molecule has 1 aromatic heterocycles. The van der Waals surface area contributed by atoms with Gasteiger partial charge in [0.15, 0.2) is 11.8 Å². The van der Waals surface area contributed by atoms with Gasteiger partial charge >= 0.3 is 0 Å². The second-order valence-electron chi connectivity index (χ2n) is 7.35. The van der Waals surface area contributed by atoms with E-state index in [0.717, 1.165) is 47.6 Å². The lowest BCUT2D eigenvalue weighted by Crippen LogP contribution is -2.41. The van der Waals surface area contributed by atoms with Crippen LogP contribution in [0.15, 0.2) is 47.5 Å². The molecule has 162 valence electrons. The summed E-state index contributed by atoms with van der Waals surface area (Å²) >= 11 is 0. The van der Waals surface area contributed by atoms with Crippen LogP contribution >= 0.6 is 0 Å². The van der Waals surface area contributed by atoms with Gasteiger partial charge in [-0.25, -0.2) is 13.8 Å². The minimum Gasteiger partial charge on any atom is -0.493 e. The zero-order chi connectivity index (χ0) is 21.8.